The second kappa shape index (κ2) is 4.25. The lowest BCUT2D eigenvalue weighted by Crippen LogP contribution is -2.27. The van der Waals surface area contributed by atoms with Gasteiger partial charge in [0, 0.05) is 0 Å². The van der Waals surface area contributed by atoms with E-state index in [-0.39, 0.29) is 12.0 Å². The molecular weight excluding hydrogens is 212 g/mol. The molecule has 0 aliphatic heterocycles. The third kappa shape index (κ3) is 2.21. The van der Waals surface area contributed by atoms with Crippen molar-refractivity contribution in [3.63, 3.8) is 0 Å². The molecule has 0 heterocycles. The molecule has 2 aliphatic carbocycles. The van der Waals surface area contributed by atoms with Crippen LogP contribution in [0.25, 0.3) is 0 Å². The molecule has 0 saturated heterocycles. The van der Waals surface area contributed by atoms with Crippen LogP contribution in [0.2, 0.25) is 0 Å². The highest BCUT2D eigenvalue weighted by Gasteiger charge is 2.49. The van der Waals surface area contributed by atoms with Crippen LogP contribution in [0.5, 0.6) is 0 Å². The highest BCUT2D eigenvalue weighted by atomic mass is 16.3. The van der Waals surface area contributed by atoms with E-state index in [1.807, 2.05) is 6.08 Å². The van der Waals surface area contributed by atoms with Crippen LogP contribution < -0.4 is 0 Å². The quantitative estimate of drug-likeness (QED) is 0.737. The van der Waals surface area contributed by atoms with Gasteiger partial charge in [0.25, 0.3) is 0 Å². The summed E-state index contributed by atoms with van der Waals surface area (Å²) in [5, 5.41) is 18.7. The molecule has 0 aromatic carbocycles. The van der Waals surface area contributed by atoms with Gasteiger partial charge in [0.2, 0.25) is 0 Å². The molecule has 0 amide bonds. The molecular formula is C15H24O2. The number of rotatable bonds is 4. The van der Waals surface area contributed by atoms with E-state index in [0.717, 1.165) is 18.3 Å². The molecule has 2 heteroatoms. The van der Waals surface area contributed by atoms with E-state index in [4.69, 9.17) is 5.11 Å². The molecule has 2 bridgehead atoms. The third-order valence-corrected chi connectivity index (χ3v) is 4.90. The Morgan fingerprint density at radius 2 is 2.24 bits per heavy atom. The molecule has 0 aromatic rings. The van der Waals surface area contributed by atoms with Crippen molar-refractivity contribution in [3.05, 3.63) is 24.3 Å². The largest absolute Gasteiger partial charge is 0.393 e. The van der Waals surface area contributed by atoms with E-state index in [1.54, 1.807) is 13.0 Å². The molecule has 4 unspecified atom stereocenters. The van der Waals surface area contributed by atoms with Crippen molar-refractivity contribution in [1.29, 1.82) is 0 Å². The number of hydrogen-bond donors (Lipinski definition) is 2. The van der Waals surface area contributed by atoms with Crippen LogP contribution in [0, 0.1) is 17.3 Å². The minimum Gasteiger partial charge on any atom is -0.393 e. The number of allylic oxidation sites excluding steroid dienone is 2. The maximum Gasteiger partial charge on any atom is 0.103 e. The van der Waals surface area contributed by atoms with Crippen LogP contribution in [0.1, 0.15) is 39.5 Å². The first-order valence-electron chi connectivity index (χ1n) is 6.59. The minimum atomic E-state index is -1.09. The Morgan fingerprint density at radius 3 is 2.76 bits per heavy atom. The predicted molar refractivity (Wildman–Crippen MR) is 69.5 cm³/mol. The fourth-order valence-electron chi connectivity index (χ4n) is 3.51. The topological polar surface area (TPSA) is 40.5 Å². The van der Waals surface area contributed by atoms with Gasteiger partial charge >= 0.3 is 0 Å². The van der Waals surface area contributed by atoms with Crippen LogP contribution >= 0.6 is 0 Å². The van der Waals surface area contributed by atoms with Crippen molar-refractivity contribution in [1.82, 2.24) is 0 Å². The van der Waals surface area contributed by atoms with Crippen molar-refractivity contribution in [2.75, 3.05) is 6.61 Å². The van der Waals surface area contributed by atoms with E-state index in [1.165, 1.54) is 24.8 Å². The van der Waals surface area contributed by atoms with Gasteiger partial charge in [-0.05, 0) is 49.9 Å². The van der Waals surface area contributed by atoms with Gasteiger partial charge < -0.3 is 10.2 Å². The summed E-state index contributed by atoms with van der Waals surface area (Å²) >= 11 is 0. The van der Waals surface area contributed by atoms with Crippen LogP contribution in [-0.4, -0.2) is 22.4 Å². The zero-order chi connectivity index (χ0) is 12.7. The molecule has 0 spiro atoms. The molecule has 4 atom stereocenters. The summed E-state index contributed by atoms with van der Waals surface area (Å²) in [6.45, 7) is 7.98. The molecule has 0 radical (unpaired) electrons. The van der Waals surface area contributed by atoms with Gasteiger partial charge in [0.15, 0.2) is 0 Å². The first-order chi connectivity index (χ1) is 7.89. The molecule has 2 aliphatic rings. The normalized spacial score (nSPS) is 40.1. The summed E-state index contributed by atoms with van der Waals surface area (Å²) in [7, 11) is 0. The molecule has 2 N–H and O–H groups in total. The van der Waals surface area contributed by atoms with Crippen molar-refractivity contribution < 1.29 is 10.2 Å². The Labute approximate surface area is 104 Å². The van der Waals surface area contributed by atoms with E-state index < -0.39 is 5.60 Å². The molecule has 17 heavy (non-hydrogen) atoms. The molecule has 2 fully saturated rings. The number of hydrogen-bond acceptors (Lipinski definition) is 2. The highest BCUT2D eigenvalue weighted by Crippen LogP contribution is 2.60. The fraction of sp³-hybridized carbons (Fsp3) is 0.733. The Balaban J connectivity index is 2.02. The third-order valence-electron chi connectivity index (χ3n) is 4.90. The number of aliphatic hydroxyl groups is 2. The molecule has 2 rings (SSSR count). The monoisotopic (exact) mass is 236 g/mol. The summed E-state index contributed by atoms with van der Waals surface area (Å²) in [5.74, 6) is 1.50. The van der Waals surface area contributed by atoms with Crippen molar-refractivity contribution in [3.8, 4) is 0 Å². The fourth-order valence-corrected chi connectivity index (χ4v) is 3.51. The number of fused-ring (bicyclic) bond motifs is 2. The summed E-state index contributed by atoms with van der Waals surface area (Å²) < 4.78 is 0. The van der Waals surface area contributed by atoms with E-state index in [0.29, 0.717) is 0 Å². The van der Waals surface area contributed by atoms with Gasteiger partial charge in [0.05, 0.1) is 6.61 Å². The van der Waals surface area contributed by atoms with Crippen molar-refractivity contribution in [2.45, 2.75) is 45.1 Å². The van der Waals surface area contributed by atoms with E-state index >= 15 is 0 Å². The van der Waals surface area contributed by atoms with Crippen LogP contribution in [0.15, 0.2) is 24.3 Å². The first kappa shape index (κ1) is 12.8. The van der Waals surface area contributed by atoms with Crippen molar-refractivity contribution in [2.24, 2.45) is 17.3 Å². The van der Waals surface area contributed by atoms with Gasteiger partial charge in [-0.1, -0.05) is 31.2 Å². The molecule has 96 valence electrons. The Bertz CT molecular complexity index is 343. The minimum absolute atomic E-state index is 0.213. The SMILES string of the molecule is C=C1C2CCC(C2)C1(C)CC=CC(C)(O)CO. The van der Waals surface area contributed by atoms with Gasteiger partial charge in [-0.3, -0.25) is 0 Å². The smallest absolute Gasteiger partial charge is 0.103 e. The average molecular weight is 236 g/mol. The maximum atomic E-state index is 9.72. The van der Waals surface area contributed by atoms with Crippen LogP contribution in [-0.2, 0) is 0 Å². The van der Waals surface area contributed by atoms with E-state index in [9.17, 15) is 5.11 Å². The predicted octanol–water partition coefficient (Wildman–Crippen LogP) is 2.67. The van der Waals surface area contributed by atoms with Crippen LogP contribution in [0.3, 0.4) is 0 Å². The first-order valence-corrected chi connectivity index (χ1v) is 6.59. The second-order valence-corrected chi connectivity index (χ2v) is 6.27. The summed E-state index contributed by atoms with van der Waals surface area (Å²) in [4.78, 5) is 0. The zero-order valence-corrected chi connectivity index (χ0v) is 10.9. The Kier molecular flexibility index (Phi) is 3.21. The van der Waals surface area contributed by atoms with Gasteiger partial charge in [0.1, 0.15) is 5.60 Å². The lowest BCUT2D eigenvalue weighted by atomic mass is 9.69. The second-order valence-electron chi connectivity index (χ2n) is 6.27. The number of aliphatic hydroxyl groups excluding tert-OH is 1. The Hall–Kier alpha value is -0.600. The van der Waals surface area contributed by atoms with Gasteiger partial charge in [-0.15, -0.1) is 0 Å². The van der Waals surface area contributed by atoms with Crippen molar-refractivity contribution >= 4 is 0 Å². The van der Waals surface area contributed by atoms with Crippen LogP contribution in [0.4, 0.5) is 0 Å². The summed E-state index contributed by atoms with van der Waals surface area (Å²) in [6, 6.07) is 0. The molecule has 2 nitrogen and oxygen atoms in total. The van der Waals surface area contributed by atoms with Gasteiger partial charge in [-0.25, -0.2) is 0 Å². The summed E-state index contributed by atoms with van der Waals surface area (Å²) in [6.07, 6.45) is 8.61. The lowest BCUT2D eigenvalue weighted by molar-refractivity contribution is 0.0431. The highest BCUT2D eigenvalue weighted by molar-refractivity contribution is 5.25. The standard InChI is InChI=1S/C15H24O2/c1-11-12-5-6-13(9-12)15(11,3)8-4-7-14(2,17)10-16/h4,7,12-13,16-17H,1,5-6,8-10H2,2-3H3. The Morgan fingerprint density at radius 1 is 1.53 bits per heavy atom. The zero-order valence-electron chi connectivity index (χ0n) is 10.9. The average Bonchev–Trinajstić information content (AvgIpc) is 2.83. The molecule has 0 aromatic heterocycles. The molecule has 2 saturated carbocycles. The maximum absolute atomic E-state index is 9.72. The van der Waals surface area contributed by atoms with E-state index in [2.05, 4.69) is 13.5 Å². The lowest BCUT2D eigenvalue weighted by Gasteiger charge is -2.35. The van der Waals surface area contributed by atoms with Gasteiger partial charge in [-0.2, -0.15) is 0 Å². The summed E-state index contributed by atoms with van der Waals surface area (Å²) in [5.41, 5.74) is 0.530.